The highest BCUT2D eigenvalue weighted by Crippen LogP contribution is 2.21. The number of hydrogen-bond acceptors (Lipinski definition) is 4. The zero-order valence-corrected chi connectivity index (χ0v) is 10.6. The molecular formula is C12H20N2OS. The summed E-state index contributed by atoms with van der Waals surface area (Å²) in [7, 11) is 0. The van der Waals surface area contributed by atoms with Crippen LogP contribution >= 0.6 is 11.3 Å². The van der Waals surface area contributed by atoms with Crippen LogP contribution in [0.15, 0.2) is 5.38 Å². The zero-order valence-electron chi connectivity index (χ0n) is 9.82. The molecule has 0 aromatic carbocycles. The van der Waals surface area contributed by atoms with Crippen molar-refractivity contribution in [2.75, 3.05) is 0 Å². The van der Waals surface area contributed by atoms with E-state index in [1.807, 2.05) is 0 Å². The van der Waals surface area contributed by atoms with Gasteiger partial charge in [0, 0.05) is 11.4 Å². The molecule has 2 N–H and O–H groups in total. The third-order valence-electron chi connectivity index (χ3n) is 3.10. The van der Waals surface area contributed by atoms with Crippen LogP contribution in [0.25, 0.3) is 0 Å². The summed E-state index contributed by atoms with van der Waals surface area (Å²) in [6.07, 6.45) is 5.94. The lowest BCUT2D eigenvalue weighted by Gasteiger charge is -2.28. The first-order valence-corrected chi connectivity index (χ1v) is 6.98. The molecule has 1 saturated carbocycles. The Balaban J connectivity index is 1.81. The van der Waals surface area contributed by atoms with E-state index in [9.17, 15) is 0 Å². The van der Waals surface area contributed by atoms with Crippen molar-refractivity contribution >= 4 is 11.3 Å². The molecule has 1 fully saturated rings. The summed E-state index contributed by atoms with van der Waals surface area (Å²) in [5.74, 6) is 0. The maximum Gasteiger partial charge on any atom is 0.0926 e. The summed E-state index contributed by atoms with van der Waals surface area (Å²) in [6, 6.07) is 0.220. The molecule has 0 amide bonds. The number of thiazole rings is 1. The number of nitrogens with zero attached hydrogens (tertiary/aromatic N) is 1. The fraction of sp³-hybridized carbons (Fsp3) is 0.750. The molecule has 3 nitrogen and oxygen atoms in total. The molecule has 4 heteroatoms. The molecule has 90 valence electrons. The van der Waals surface area contributed by atoms with Gasteiger partial charge in [0.05, 0.1) is 23.4 Å². The van der Waals surface area contributed by atoms with Crippen molar-refractivity contribution in [2.45, 2.75) is 57.8 Å². The molecule has 1 aliphatic rings. The number of nitrogens with two attached hydrogens (primary N) is 1. The predicted molar refractivity (Wildman–Crippen MR) is 66.5 cm³/mol. The van der Waals surface area contributed by atoms with Crippen molar-refractivity contribution < 1.29 is 4.74 Å². The Morgan fingerprint density at radius 3 is 3.00 bits per heavy atom. The Hall–Kier alpha value is -0.450. The van der Waals surface area contributed by atoms with Crippen LogP contribution in [0.1, 0.15) is 43.3 Å². The van der Waals surface area contributed by atoms with Crippen LogP contribution in [0.2, 0.25) is 0 Å². The highest BCUT2D eigenvalue weighted by molar-refractivity contribution is 7.09. The van der Waals surface area contributed by atoms with Gasteiger partial charge in [0.1, 0.15) is 0 Å². The number of hydrogen-bond donors (Lipinski definition) is 1. The van der Waals surface area contributed by atoms with Gasteiger partial charge in [0.25, 0.3) is 0 Å². The van der Waals surface area contributed by atoms with Crippen LogP contribution in [0, 0.1) is 0 Å². The van der Waals surface area contributed by atoms with Gasteiger partial charge in [-0.2, -0.15) is 0 Å². The molecule has 0 saturated heterocycles. The van der Waals surface area contributed by atoms with Gasteiger partial charge >= 0.3 is 0 Å². The fourth-order valence-electron chi connectivity index (χ4n) is 2.10. The molecule has 2 rings (SSSR count). The van der Waals surface area contributed by atoms with Crippen molar-refractivity contribution in [3.05, 3.63) is 16.1 Å². The molecule has 0 aliphatic heterocycles. The van der Waals surface area contributed by atoms with E-state index in [4.69, 9.17) is 10.5 Å². The highest BCUT2D eigenvalue weighted by atomic mass is 32.1. The van der Waals surface area contributed by atoms with Crippen LogP contribution in [-0.2, 0) is 17.8 Å². The molecule has 0 radical (unpaired) electrons. The first-order valence-electron chi connectivity index (χ1n) is 6.10. The van der Waals surface area contributed by atoms with E-state index in [0.29, 0.717) is 6.61 Å². The third kappa shape index (κ3) is 3.03. The SMILES string of the molecule is CCc1nc(COC2CCCCC2N)cs1. The van der Waals surface area contributed by atoms with Crippen LogP contribution < -0.4 is 5.73 Å². The number of ether oxygens (including phenoxy) is 1. The highest BCUT2D eigenvalue weighted by Gasteiger charge is 2.22. The lowest BCUT2D eigenvalue weighted by molar-refractivity contribution is 0.00273. The third-order valence-corrected chi connectivity index (χ3v) is 4.14. The summed E-state index contributed by atoms with van der Waals surface area (Å²) in [5.41, 5.74) is 7.09. The Labute approximate surface area is 101 Å². The smallest absolute Gasteiger partial charge is 0.0926 e. The molecule has 0 bridgehead atoms. The number of rotatable bonds is 4. The van der Waals surface area contributed by atoms with Crippen molar-refractivity contribution in [1.29, 1.82) is 0 Å². The molecule has 16 heavy (non-hydrogen) atoms. The average molecular weight is 240 g/mol. The first-order chi connectivity index (χ1) is 7.79. The predicted octanol–water partition coefficient (Wildman–Crippen LogP) is 2.49. The topological polar surface area (TPSA) is 48.1 Å². The minimum atomic E-state index is 0.220. The fourth-order valence-corrected chi connectivity index (χ4v) is 2.83. The monoisotopic (exact) mass is 240 g/mol. The van der Waals surface area contributed by atoms with E-state index in [1.54, 1.807) is 11.3 Å². The van der Waals surface area contributed by atoms with Gasteiger partial charge in [-0.1, -0.05) is 19.8 Å². The van der Waals surface area contributed by atoms with Crippen LogP contribution in [0.4, 0.5) is 0 Å². The molecular weight excluding hydrogens is 220 g/mol. The number of aryl methyl sites for hydroxylation is 1. The largest absolute Gasteiger partial charge is 0.370 e. The molecule has 2 unspecified atom stereocenters. The minimum absolute atomic E-state index is 0.220. The lowest BCUT2D eigenvalue weighted by Crippen LogP contribution is -2.39. The van der Waals surface area contributed by atoms with Gasteiger partial charge < -0.3 is 10.5 Å². The van der Waals surface area contributed by atoms with Crippen molar-refractivity contribution in [3.8, 4) is 0 Å². The van der Waals surface area contributed by atoms with Gasteiger partial charge in [0.15, 0.2) is 0 Å². The molecule has 1 aromatic rings. The van der Waals surface area contributed by atoms with Gasteiger partial charge in [-0.15, -0.1) is 11.3 Å². The maximum atomic E-state index is 6.03. The molecule has 1 heterocycles. The molecule has 2 atom stereocenters. The summed E-state index contributed by atoms with van der Waals surface area (Å²) in [5, 5.41) is 3.28. The Morgan fingerprint density at radius 1 is 1.50 bits per heavy atom. The molecule has 1 aromatic heterocycles. The van der Waals surface area contributed by atoms with Crippen LogP contribution in [0.5, 0.6) is 0 Å². The second-order valence-corrected chi connectivity index (χ2v) is 5.33. The Morgan fingerprint density at radius 2 is 2.31 bits per heavy atom. The maximum absolute atomic E-state index is 6.03. The lowest BCUT2D eigenvalue weighted by atomic mass is 9.93. The summed E-state index contributed by atoms with van der Waals surface area (Å²) in [4.78, 5) is 4.49. The van der Waals surface area contributed by atoms with E-state index in [2.05, 4.69) is 17.3 Å². The van der Waals surface area contributed by atoms with Crippen LogP contribution in [-0.4, -0.2) is 17.1 Å². The first kappa shape index (κ1) is 12.0. The zero-order chi connectivity index (χ0) is 11.4. The van der Waals surface area contributed by atoms with Gasteiger partial charge in [0.2, 0.25) is 0 Å². The standard InChI is InChI=1S/C12H20N2OS/c1-2-12-14-9(8-16-12)7-15-11-6-4-3-5-10(11)13/h8,10-11H,2-7,13H2,1H3. The van der Waals surface area contributed by atoms with E-state index in [1.165, 1.54) is 17.8 Å². The second-order valence-electron chi connectivity index (χ2n) is 4.38. The van der Waals surface area contributed by atoms with Gasteiger partial charge in [-0.05, 0) is 19.3 Å². The quantitative estimate of drug-likeness (QED) is 0.879. The summed E-state index contributed by atoms with van der Waals surface area (Å²) in [6.45, 7) is 2.75. The van der Waals surface area contributed by atoms with E-state index in [-0.39, 0.29) is 12.1 Å². The van der Waals surface area contributed by atoms with Crippen LogP contribution in [0.3, 0.4) is 0 Å². The molecule has 0 spiro atoms. The normalized spacial score (nSPS) is 25.9. The van der Waals surface area contributed by atoms with Gasteiger partial charge in [-0.3, -0.25) is 0 Å². The van der Waals surface area contributed by atoms with E-state index in [0.717, 1.165) is 25.0 Å². The summed E-state index contributed by atoms with van der Waals surface area (Å²) < 4.78 is 5.86. The Bertz CT molecular complexity index is 327. The van der Waals surface area contributed by atoms with E-state index >= 15 is 0 Å². The van der Waals surface area contributed by atoms with Crippen molar-refractivity contribution in [2.24, 2.45) is 5.73 Å². The Kier molecular flexibility index (Phi) is 4.32. The second kappa shape index (κ2) is 5.75. The average Bonchev–Trinajstić information content (AvgIpc) is 2.76. The van der Waals surface area contributed by atoms with Gasteiger partial charge in [-0.25, -0.2) is 4.98 Å². The summed E-state index contributed by atoms with van der Waals surface area (Å²) >= 11 is 1.71. The molecule has 1 aliphatic carbocycles. The van der Waals surface area contributed by atoms with E-state index < -0.39 is 0 Å². The minimum Gasteiger partial charge on any atom is -0.370 e. The van der Waals surface area contributed by atoms with Crippen molar-refractivity contribution in [3.63, 3.8) is 0 Å². The number of aromatic nitrogens is 1. The van der Waals surface area contributed by atoms with Crippen molar-refractivity contribution in [1.82, 2.24) is 4.98 Å².